The second-order valence-corrected chi connectivity index (χ2v) is 2.99. The van der Waals surface area contributed by atoms with Gasteiger partial charge >= 0.3 is 11.9 Å². The van der Waals surface area contributed by atoms with Crippen LogP contribution in [0, 0.1) is 0 Å². The molecule has 0 bridgehead atoms. The highest BCUT2D eigenvalue weighted by molar-refractivity contribution is 5.91. The number of hydrogen-bond donors (Lipinski definition) is 4. The Bertz CT molecular complexity index is 322. The molecule has 0 aromatic heterocycles. The van der Waals surface area contributed by atoms with E-state index in [4.69, 9.17) is 20.4 Å². The Balaban J connectivity index is 0.000000437. The van der Waals surface area contributed by atoms with Crippen LogP contribution >= 0.6 is 0 Å². The van der Waals surface area contributed by atoms with E-state index in [1.165, 1.54) is 24.3 Å². The van der Waals surface area contributed by atoms with Crippen LogP contribution in [-0.4, -0.2) is 45.6 Å². The third kappa shape index (κ3) is 6.29. The minimum Gasteiger partial charge on any atom is -0.478 e. The molecule has 0 heterocycles. The highest BCUT2D eigenvalue weighted by atomic mass is 16.4. The molecule has 6 heteroatoms. The summed E-state index contributed by atoms with van der Waals surface area (Å²) in [5.41, 5.74) is 0.167. The molecule has 6 nitrogen and oxygen atoms in total. The third-order valence-corrected chi connectivity index (χ3v) is 1.70. The van der Waals surface area contributed by atoms with Gasteiger partial charge in [0.1, 0.15) is 0 Å². The van der Waals surface area contributed by atoms with Crippen molar-refractivity contribution in [3.8, 4) is 0 Å². The fourth-order valence-electron chi connectivity index (χ4n) is 0.826. The predicted octanol–water partition coefficient (Wildman–Crippen LogP) is 0.444. The van der Waals surface area contributed by atoms with Crippen LogP contribution < -0.4 is 0 Å². The van der Waals surface area contributed by atoms with Crippen molar-refractivity contribution in [1.82, 2.24) is 0 Å². The van der Waals surface area contributed by atoms with Crippen LogP contribution in [0.3, 0.4) is 0 Å². The van der Waals surface area contributed by atoms with Crippen molar-refractivity contribution < 1.29 is 30.0 Å². The molecule has 0 unspecified atom stereocenters. The molecule has 0 radical (unpaired) electrons. The van der Waals surface area contributed by atoms with Gasteiger partial charge in [-0.1, -0.05) is 0 Å². The summed E-state index contributed by atoms with van der Waals surface area (Å²) >= 11 is 0. The molecular formula is C11H14O6. The molecule has 0 fully saturated rings. The van der Waals surface area contributed by atoms with Gasteiger partial charge in [-0.25, -0.2) is 9.59 Å². The number of aromatic carboxylic acids is 2. The van der Waals surface area contributed by atoms with Crippen molar-refractivity contribution in [2.24, 2.45) is 0 Å². The van der Waals surface area contributed by atoms with Crippen molar-refractivity contribution in [2.45, 2.75) is 6.42 Å². The molecule has 0 atom stereocenters. The smallest absolute Gasteiger partial charge is 0.335 e. The summed E-state index contributed by atoms with van der Waals surface area (Å²) in [7, 11) is 0. The average molecular weight is 242 g/mol. The maximum Gasteiger partial charge on any atom is 0.335 e. The Hall–Kier alpha value is -1.92. The number of carbonyl (C=O) groups is 2. The molecule has 0 spiro atoms. The Morgan fingerprint density at radius 1 is 0.824 bits per heavy atom. The fourth-order valence-corrected chi connectivity index (χ4v) is 0.826. The number of benzene rings is 1. The normalized spacial score (nSPS) is 9.06. The molecule has 0 saturated carbocycles. The molecule has 0 aliphatic carbocycles. The van der Waals surface area contributed by atoms with Crippen LogP contribution in [0.15, 0.2) is 24.3 Å². The van der Waals surface area contributed by atoms with Gasteiger partial charge in [0.2, 0.25) is 0 Å². The number of aliphatic hydroxyl groups excluding tert-OH is 2. The van der Waals surface area contributed by atoms with E-state index in [2.05, 4.69) is 0 Å². The molecular weight excluding hydrogens is 228 g/mol. The van der Waals surface area contributed by atoms with Crippen molar-refractivity contribution in [2.75, 3.05) is 13.2 Å². The van der Waals surface area contributed by atoms with Gasteiger partial charge in [0.05, 0.1) is 11.1 Å². The van der Waals surface area contributed by atoms with Gasteiger partial charge in [-0.15, -0.1) is 0 Å². The maximum absolute atomic E-state index is 10.3. The Morgan fingerprint density at radius 3 is 1.24 bits per heavy atom. The standard InChI is InChI=1S/C8H6O4.C3H8O2/c9-7(10)5-1-2-6(4-3-5)8(11)12;4-2-1-3-5/h1-4H,(H,9,10)(H,11,12);4-5H,1-3H2. The monoisotopic (exact) mass is 242 g/mol. The van der Waals surface area contributed by atoms with Gasteiger partial charge in [0, 0.05) is 13.2 Å². The Kier molecular flexibility index (Phi) is 7.32. The van der Waals surface area contributed by atoms with Crippen molar-refractivity contribution >= 4 is 11.9 Å². The quantitative estimate of drug-likeness (QED) is 0.609. The lowest BCUT2D eigenvalue weighted by molar-refractivity contribution is 0.0681. The number of rotatable bonds is 4. The summed E-state index contributed by atoms with van der Waals surface area (Å²) in [6, 6.07) is 5.02. The average Bonchev–Trinajstić information content (AvgIpc) is 2.31. The first-order chi connectivity index (χ1) is 8.02. The first-order valence-corrected chi connectivity index (χ1v) is 4.81. The summed E-state index contributed by atoms with van der Waals surface area (Å²) in [6.45, 7) is 0.188. The fraction of sp³-hybridized carbons (Fsp3) is 0.273. The lowest BCUT2D eigenvalue weighted by Gasteiger charge is -1.94. The van der Waals surface area contributed by atoms with E-state index < -0.39 is 11.9 Å². The summed E-state index contributed by atoms with van der Waals surface area (Å²) < 4.78 is 0. The van der Waals surface area contributed by atoms with E-state index in [1.54, 1.807) is 0 Å². The van der Waals surface area contributed by atoms with Crippen molar-refractivity contribution in [3.05, 3.63) is 35.4 Å². The molecule has 0 amide bonds. The summed E-state index contributed by atoms with van der Waals surface area (Å²) in [5, 5.41) is 32.7. The van der Waals surface area contributed by atoms with Crippen molar-refractivity contribution in [1.29, 1.82) is 0 Å². The van der Waals surface area contributed by atoms with Crippen molar-refractivity contribution in [3.63, 3.8) is 0 Å². The van der Waals surface area contributed by atoms with E-state index in [1.807, 2.05) is 0 Å². The van der Waals surface area contributed by atoms with E-state index in [0.29, 0.717) is 6.42 Å². The van der Waals surface area contributed by atoms with E-state index in [0.717, 1.165) is 0 Å². The van der Waals surface area contributed by atoms with Gasteiger partial charge in [-0.05, 0) is 30.7 Å². The predicted molar refractivity (Wildman–Crippen MR) is 59.1 cm³/mol. The highest BCUT2D eigenvalue weighted by Crippen LogP contribution is 2.03. The summed E-state index contributed by atoms with van der Waals surface area (Å²) in [4.78, 5) is 20.7. The second kappa shape index (κ2) is 8.26. The van der Waals surface area contributed by atoms with Gasteiger partial charge in [-0.2, -0.15) is 0 Å². The molecule has 94 valence electrons. The third-order valence-electron chi connectivity index (χ3n) is 1.70. The summed E-state index contributed by atoms with van der Waals surface area (Å²) in [6.07, 6.45) is 0.500. The maximum atomic E-state index is 10.3. The Morgan fingerprint density at radius 2 is 1.12 bits per heavy atom. The zero-order valence-electron chi connectivity index (χ0n) is 9.04. The lowest BCUT2D eigenvalue weighted by atomic mass is 10.1. The minimum atomic E-state index is -1.06. The topological polar surface area (TPSA) is 115 Å². The van der Waals surface area contributed by atoms with Crippen LogP contribution in [0.1, 0.15) is 27.1 Å². The SMILES string of the molecule is O=C(O)c1ccc(C(=O)O)cc1.OCCCO. The molecule has 0 saturated heterocycles. The van der Waals surface area contributed by atoms with Crippen LogP contribution in [-0.2, 0) is 0 Å². The second-order valence-electron chi connectivity index (χ2n) is 2.99. The van der Waals surface area contributed by atoms with Crippen LogP contribution in [0.5, 0.6) is 0 Å². The van der Waals surface area contributed by atoms with Gasteiger partial charge < -0.3 is 20.4 Å². The van der Waals surface area contributed by atoms with E-state index in [9.17, 15) is 9.59 Å². The van der Waals surface area contributed by atoms with E-state index in [-0.39, 0.29) is 24.3 Å². The van der Waals surface area contributed by atoms with E-state index >= 15 is 0 Å². The molecule has 1 aromatic rings. The molecule has 1 aromatic carbocycles. The summed E-state index contributed by atoms with van der Waals surface area (Å²) in [5.74, 6) is -2.13. The Labute approximate surface area is 97.8 Å². The zero-order chi connectivity index (χ0) is 13.3. The van der Waals surface area contributed by atoms with Gasteiger partial charge in [0.15, 0.2) is 0 Å². The molecule has 0 aliphatic rings. The number of aliphatic hydroxyl groups is 2. The minimum absolute atomic E-state index is 0.0833. The van der Waals surface area contributed by atoms with Crippen LogP contribution in [0.4, 0.5) is 0 Å². The number of hydrogen-bond acceptors (Lipinski definition) is 4. The van der Waals surface area contributed by atoms with Gasteiger partial charge in [-0.3, -0.25) is 0 Å². The molecule has 0 aliphatic heterocycles. The first kappa shape index (κ1) is 15.1. The highest BCUT2D eigenvalue weighted by Gasteiger charge is 2.04. The molecule has 17 heavy (non-hydrogen) atoms. The molecule has 1 rings (SSSR count). The lowest BCUT2D eigenvalue weighted by Crippen LogP contribution is -1.99. The van der Waals surface area contributed by atoms with Gasteiger partial charge in [0.25, 0.3) is 0 Å². The zero-order valence-corrected chi connectivity index (χ0v) is 9.04. The van der Waals surface area contributed by atoms with Crippen LogP contribution in [0.25, 0.3) is 0 Å². The first-order valence-electron chi connectivity index (χ1n) is 4.81. The number of carboxylic acid groups (broad SMARTS) is 2. The molecule has 4 N–H and O–H groups in total. The number of carboxylic acids is 2. The van der Waals surface area contributed by atoms with Crippen LogP contribution in [0.2, 0.25) is 0 Å². The largest absolute Gasteiger partial charge is 0.478 e.